The second kappa shape index (κ2) is 6.12. The van der Waals surface area contributed by atoms with Crippen LogP contribution < -0.4 is 5.32 Å². The molecule has 2 nitrogen and oxygen atoms in total. The van der Waals surface area contributed by atoms with Crippen LogP contribution in [0.3, 0.4) is 0 Å². The number of halogens is 3. The van der Waals surface area contributed by atoms with E-state index in [-0.39, 0.29) is 17.9 Å². The summed E-state index contributed by atoms with van der Waals surface area (Å²) in [6.45, 7) is 0.130. The molecule has 0 aliphatic heterocycles. The first-order chi connectivity index (χ1) is 9.08. The minimum absolute atomic E-state index is 0.130. The molecule has 2 rings (SSSR count). The van der Waals surface area contributed by atoms with Gasteiger partial charge in [-0.05, 0) is 40.2 Å². The lowest BCUT2D eigenvalue weighted by Crippen LogP contribution is -2.13. The van der Waals surface area contributed by atoms with Crippen LogP contribution in [0.25, 0.3) is 0 Å². The lowest BCUT2D eigenvalue weighted by atomic mass is 10.1. The molecule has 19 heavy (non-hydrogen) atoms. The molecule has 0 saturated carbocycles. The zero-order valence-corrected chi connectivity index (χ0v) is 11.5. The van der Waals surface area contributed by atoms with E-state index in [0.717, 1.165) is 0 Å². The molecule has 0 heterocycles. The van der Waals surface area contributed by atoms with Crippen LogP contribution in [-0.4, -0.2) is 11.7 Å². The van der Waals surface area contributed by atoms with Crippen molar-refractivity contribution in [2.75, 3.05) is 11.9 Å². The predicted octanol–water partition coefficient (Wildman–Crippen LogP) is 3.87. The second-order valence-corrected chi connectivity index (χ2v) is 4.90. The molecule has 2 N–H and O–H groups in total. The molecule has 0 aromatic heterocycles. The molecule has 0 amide bonds. The molecule has 0 spiro atoms. The van der Waals surface area contributed by atoms with Gasteiger partial charge in [0.15, 0.2) is 0 Å². The molecular formula is C14H12BrF2NO. The van der Waals surface area contributed by atoms with Crippen molar-refractivity contribution in [3.8, 4) is 0 Å². The van der Waals surface area contributed by atoms with E-state index >= 15 is 0 Å². The van der Waals surface area contributed by atoms with Gasteiger partial charge in [0.2, 0.25) is 0 Å². The van der Waals surface area contributed by atoms with E-state index in [4.69, 9.17) is 0 Å². The van der Waals surface area contributed by atoms with Gasteiger partial charge in [-0.2, -0.15) is 0 Å². The predicted molar refractivity (Wildman–Crippen MR) is 73.9 cm³/mol. The van der Waals surface area contributed by atoms with E-state index in [1.807, 2.05) is 0 Å². The molecule has 0 aliphatic rings. The van der Waals surface area contributed by atoms with Gasteiger partial charge in [0, 0.05) is 22.3 Å². The minimum Gasteiger partial charge on any atom is -0.386 e. The Morgan fingerprint density at radius 3 is 2.58 bits per heavy atom. The van der Waals surface area contributed by atoms with Crippen LogP contribution in [-0.2, 0) is 0 Å². The number of rotatable bonds is 4. The number of anilines is 1. The van der Waals surface area contributed by atoms with Gasteiger partial charge < -0.3 is 10.4 Å². The van der Waals surface area contributed by atoms with Gasteiger partial charge in [-0.1, -0.05) is 18.2 Å². The van der Waals surface area contributed by atoms with Crippen molar-refractivity contribution in [3.63, 3.8) is 0 Å². The zero-order chi connectivity index (χ0) is 13.8. The highest BCUT2D eigenvalue weighted by Gasteiger charge is 2.12. The molecule has 1 atom stereocenters. The maximum Gasteiger partial charge on any atom is 0.129 e. The fraction of sp³-hybridized carbons (Fsp3) is 0.143. The third-order valence-corrected chi connectivity index (χ3v) is 3.34. The van der Waals surface area contributed by atoms with Crippen molar-refractivity contribution in [1.29, 1.82) is 0 Å². The largest absolute Gasteiger partial charge is 0.386 e. The fourth-order valence-electron chi connectivity index (χ4n) is 1.69. The van der Waals surface area contributed by atoms with Crippen LogP contribution in [0.1, 0.15) is 11.7 Å². The second-order valence-electron chi connectivity index (χ2n) is 4.04. The van der Waals surface area contributed by atoms with Gasteiger partial charge in [-0.3, -0.25) is 0 Å². The topological polar surface area (TPSA) is 32.3 Å². The first kappa shape index (κ1) is 14.0. The highest BCUT2D eigenvalue weighted by molar-refractivity contribution is 9.10. The van der Waals surface area contributed by atoms with Crippen molar-refractivity contribution >= 4 is 21.6 Å². The van der Waals surface area contributed by atoms with E-state index in [0.29, 0.717) is 10.2 Å². The van der Waals surface area contributed by atoms with Gasteiger partial charge in [0.1, 0.15) is 11.6 Å². The Morgan fingerprint density at radius 1 is 1.16 bits per heavy atom. The lowest BCUT2D eigenvalue weighted by molar-refractivity contribution is 0.186. The van der Waals surface area contributed by atoms with Gasteiger partial charge >= 0.3 is 0 Å². The summed E-state index contributed by atoms with van der Waals surface area (Å²) in [5.41, 5.74) is 0.866. The van der Waals surface area contributed by atoms with Crippen molar-refractivity contribution in [3.05, 3.63) is 64.1 Å². The molecular weight excluding hydrogens is 316 g/mol. The zero-order valence-electron chi connectivity index (χ0n) is 9.91. The summed E-state index contributed by atoms with van der Waals surface area (Å²) in [5, 5.41) is 12.9. The third-order valence-electron chi connectivity index (χ3n) is 2.68. The minimum atomic E-state index is -0.974. The molecule has 0 bridgehead atoms. The van der Waals surface area contributed by atoms with Crippen LogP contribution in [0, 0.1) is 11.6 Å². The number of aliphatic hydroxyl groups is 1. The number of hydrogen-bond donors (Lipinski definition) is 2. The van der Waals surface area contributed by atoms with Crippen LogP contribution in [0.2, 0.25) is 0 Å². The Bertz CT molecular complexity index is 577. The molecule has 2 aromatic carbocycles. The maximum atomic E-state index is 13.5. The van der Waals surface area contributed by atoms with Gasteiger partial charge in [0.25, 0.3) is 0 Å². The van der Waals surface area contributed by atoms with Gasteiger partial charge in [-0.25, -0.2) is 8.78 Å². The molecule has 0 fully saturated rings. The van der Waals surface area contributed by atoms with E-state index < -0.39 is 11.9 Å². The number of nitrogens with one attached hydrogen (secondary N) is 1. The van der Waals surface area contributed by atoms with Crippen LogP contribution in [0.4, 0.5) is 14.5 Å². The maximum absolute atomic E-state index is 13.5. The Balaban J connectivity index is 2.04. The van der Waals surface area contributed by atoms with Crippen molar-refractivity contribution < 1.29 is 13.9 Å². The molecule has 0 radical (unpaired) electrons. The number of benzene rings is 2. The fourth-order valence-corrected chi connectivity index (χ4v) is 2.19. The summed E-state index contributed by atoms with van der Waals surface area (Å²) in [6.07, 6.45) is -0.974. The van der Waals surface area contributed by atoms with E-state index in [2.05, 4.69) is 21.2 Å². The summed E-state index contributed by atoms with van der Waals surface area (Å²) in [7, 11) is 0. The van der Waals surface area contributed by atoms with E-state index in [1.54, 1.807) is 18.2 Å². The molecule has 2 aromatic rings. The van der Waals surface area contributed by atoms with E-state index in [1.165, 1.54) is 24.3 Å². The first-order valence-corrected chi connectivity index (χ1v) is 6.48. The summed E-state index contributed by atoms with van der Waals surface area (Å²) < 4.78 is 26.9. The average Bonchev–Trinajstić information content (AvgIpc) is 2.38. The summed E-state index contributed by atoms with van der Waals surface area (Å²) in [5.74, 6) is -0.804. The number of aliphatic hydroxyl groups excluding tert-OH is 1. The highest BCUT2D eigenvalue weighted by atomic mass is 79.9. The first-order valence-electron chi connectivity index (χ1n) is 5.69. The Labute approximate surface area is 118 Å². The summed E-state index contributed by atoms with van der Waals surface area (Å²) in [6, 6.07) is 10.2. The van der Waals surface area contributed by atoms with E-state index in [9.17, 15) is 13.9 Å². The average molecular weight is 328 g/mol. The molecule has 100 valence electrons. The monoisotopic (exact) mass is 327 g/mol. The van der Waals surface area contributed by atoms with Crippen molar-refractivity contribution in [1.82, 2.24) is 0 Å². The van der Waals surface area contributed by atoms with Crippen LogP contribution in [0.15, 0.2) is 46.9 Å². The summed E-state index contributed by atoms with van der Waals surface area (Å²) in [4.78, 5) is 0. The van der Waals surface area contributed by atoms with Crippen molar-refractivity contribution in [2.45, 2.75) is 6.10 Å². The lowest BCUT2D eigenvalue weighted by Gasteiger charge is -2.14. The van der Waals surface area contributed by atoms with Crippen molar-refractivity contribution in [2.24, 2.45) is 0 Å². The highest BCUT2D eigenvalue weighted by Crippen LogP contribution is 2.24. The molecule has 0 saturated heterocycles. The SMILES string of the molecule is OC(CNc1ccc(F)cc1Br)c1ccccc1F. The number of hydrogen-bond acceptors (Lipinski definition) is 2. The molecule has 0 aliphatic carbocycles. The third kappa shape index (κ3) is 3.52. The van der Waals surface area contributed by atoms with Gasteiger partial charge in [0.05, 0.1) is 6.10 Å². The Morgan fingerprint density at radius 2 is 1.89 bits per heavy atom. The molecule has 1 unspecified atom stereocenters. The normalized spacial score (nSPS) is 12.2. The Kier molecular flexibility index (Phi) is 4.50. The van der Waals surface area contributed by atoms with Crippen LogP contribution >= 0.6 is 15.9 Å². The summed E-state index contributed by atoms with van der Waals surface area (Å²) >= 11 is 3.21. The molecule has 5 heteroatoms. The van der Waals surface area contributed by atoms with Gasteiger partial charge in [-0.15, -0.1) is 0 Å². The quantitative estimate of drug-likeness (QED) is 0.893. The smallest absolute Gasteiger partial charge is 0.129 e. The van der Waals surface area contributed by atoms with Crippen LogP contribution in [0.5, 0.6) is 0 Å². The standard InChI is InChI=1S/C14H12BrF2NO/c15-11-7-9(16)5-6-13(11)18-8-14(19)10-3-1-2-4-12(10)17/h1-7,14,18-19H,8H2. The Hall–Kier alpha value is -1.46.